The summed E-state index contributed by atoms with van der Waals surface area (Å²) in [5, 5.41) is 9.40. The molecule has 1 atom stereocenters. The second-order valence-electron chi connectivity index (χ2n) is 5.94. The number of carbonyl (C=O) groups excluding carboxylic acids is 1. The highest BCUT2D eigenvalue weighted by Gasteiger charge is 2.43. The number of rotatable bonds is 2. The van der Waals surface area contributed by atoms with Gasteiger partial charge in [-0.3, -0.25) is 4.79 Å². The number of amides is 1. The topological polar surface area (TPSA) is 70.1 Å². The maximum atomic E-state index is 11.7. The molecule has 4 heteroatoms. The van der Waals surface area contributed by atoms with Gasteiger partial charge in [0, 0.05) is 25.2 Å². The Balaban J connectivity index is 1.94. The lowest BCUT2D eigenvalue weighted by atomic mass is 9.63. The molecule has 20 heavy (non-hydrogen) atoms. The third-order valence-electron chi connectivity index (χ3n) is 4.87. The smallest absolute Gasteiger partial charge is 0.227 e. The number of nitrogens with zero attached hydrogens (tertiary/aromatic N) is 2. The van der Waals surface area contributed by atoms with Crippen LogP contribution in [0.25, 0.3) is 0 Å². The van der Waals surface area contributed by atoms with Crippen molar-refractivity contribution in [3.63, 3.8) is 0 Å². The fourth-order valence-electron chi connectivity index (χ4n) is 3.24. The highest BCUT2D eigenvalue weighted by molar-refractivity contribution is 5.95. The Hall–Kier alpha value is -1.86. The second-order valence-corrected chi connectivity index (χ2v) is 5.94. The Kier molecular flexibility index (Phi) is 3.02. The third kappa shape index (κ3) is 1.82. The molecule has 1 unspecified atom stereocenters. The van der Waals surface area contributed by atoms with Gasteiger partial charge in [-0.05, 0) is 36.5 Å². The van der Waals surface area contributed by atoms with Crippen LogP contribution in [-0.4, -0.2) is 13.0 Å². The average molecular weight is 269 g/mol. The van der Waals surface area contributed by atoms with Gasteiger partial charge < -0.3 is 10.6 Å². The zero-order valence-electron chi connectivity index (χ0n) is 11.7. The summed E-state index contributed by atoms with van der Waals surface area (Å²) in [5.74, 6) is 0.155. The maximum absolute atomic E-state index is 11.7. The number of nitrogens with two attached hydrogens (primary N) is 1. The SMILES string of the molecule is CN1C(=O)CCc2cc(C(N)C3(C#N)CCC3)ccc21. The lowest BCUT2D eigenvalue weighted by Gasteiger charge is -2.40. The van der Waals surface area contributed by atoms with Crippen LogP contribution in [0.2, 0.25) is 0 Å². The van der Waals surface area contributed by atoms with E-state index in [9.17, 15) is 10.1 Å². The Labute approximate surface area is 119 Å². The largest absolute Gasteiger partial charge is 0.323 e. The van der Waals surface area contributed by atoms with Crippen molar-refractivity contribution in [1.82, 2.24) is 0 Å². The Morgan fingerprint density at radius 3 is 2.75 bits per heavy atom. The van der Waals surface area contributed by atoms with Crippen molar-refractivity contribution in [1.29, 1.82) is 5.26 Å². The van der Waals surface area contributed by atoms with Gasteiger partial charge >= 0.3 is 0 Å². The predicted octanol–water partition coefficient (Wildman–Crippen LogP) is 2.29. The van der Waals surface area contributed by atoms with Crippen LogP contribution in [0.4, 0.5) is 5.69 Å². The molecule has 0 saturated heterocycles. The van der Waals surface area contributed by atoms with Crippen LogP contribution >= 0.6 is 0 Å². The summed E-state index contributed by atoms with van der Waals surface area (Å²) < 4.78 is 0. The highest BCUT2D eigenvalue weighted by atomic mass is 16.2. The number of carbonyl (C=O) groups is 1. The van der Waals surface area contributed by atoms with E-state index in [1.807, 2.05) is 19.2 Å². The fraction of sp³-hybridized carbons (Fsp3) is 0.500. The molecule has 4 nitrogen and oxygen atoms in total. The van der Waals surface area contributed by atoms with Crippen molar-refractivity contribution >= 4 is 11.6 Å². The van der Waals surface area contributed by atoms with Gasteiger partial charge in [-0.15, -0.1) is 0 Å². The molecule has 1 saturated carbocycles. The van der Waals surface area contributed by atoms with Crippen molar-refractivity contribution in [2.24, 2.45) is 11.1 Å². The minimum atomic E-state index is -0.384. The molecule has 0 spiro atoms. The second kappa shape index (κ2) is 4.60. The van der Waals surface area contributed by atoms with E-state index in [2.05, 4.69) is 12.1 Å². The standard InChI is InChI=1S/C16H19N3O/c1-19-13-5-3-12(9-11(13)4-6-14(19)20)15(18)16(10-17)7-2-8-16/h3,5,9,15H,2,4,6-8,18H2,1H3. The quantitative estimate of drug-likeness (QED) is 0.895. The third-order valence-corrected chi connectivity index (χ3v) is 4.87. The lowest BCUT2D eigenvalue weighted by molar-refractivity contribution is -0.118. The van der Waals surface area contributed by atoms with E-state index in [0.29, 0.717) is 6.42 Å². The van der Waals surface area contributed by atoms with E-state index >= 15 is 0 Å². The fourth-order valence-corrected chi connectivity index (χ4v) is 3.24. The summed E-state index contributed by atoms with van der Waals surface area (Å²) in [5.41, 5.74) is 9.10. The average Bonchev–Trinajstić information content (AvgIpc) is 2.42. The van der Waals surface area contributed by atoms with Crippen LogP contribution in [0.15, 0.2) is 18.2 Å². The van der Waals surface area contributed by atoms with Crippen molar-refractivity contribution in [2.45, 2.75) is 38.1 Å². The molecule has 1 aromatic carbocycles. The normalized spacial score (nSPS) is 21.6. The van der Waals surface area contributed by atoms with E-state index in [1.54, 1.807) is 4.90 Å². The van der Waals surface area contributed by atoms with Gasteiger partial charge in [-0.25, -0.2) is 0 Å². The first-order valence-electron chi connectivity index (χ1n) is 7.14. The predicted molar refractivity (Wildman–Crippen MR) is 77.0 cm³/mol. The summed E-state index contributed by atoms with van der Waals surface area (Å²) >= 11 is 0. The van der Waals surface area contributed by atoms with Crippen molar-refractivity contribution in [2.75, 3.05) is 11.9 Å². The van der Waals surface area contributed by atoms with E-state index in [1.165, 1.54) is 0 Å². The number of benzene rings is 1. The van der Waals surface area contributed by atoms with Crippen molar-refractivity contribution < 1.29 is 4.79 Å². The van der Waals surface area contributed by atoms with Crippen LogP contribution in [0.1, 0.15) is 42.9 Å². The maximum Gasteiger partial charge on any atom is 0.227 e. The van der Waals surface area contributed by atoms with Gasteiger partial charge in [-0.2, -0.15) is 5.26 Å². The molecule has 104 valence electrons. The summed E-state index contributed by atoms with van der Waals surface area (Å²) in [6, 6.07) is 8.21. The van der Waals surface area contributed by atoms with E-state index in [0.717, 1.165) is 42.5 Å². The van der Waals surface area contributed by atoms with E-state index in [-0.39, 0.29) is 17.4 Å². The monoisotopic (exact) mass is 269 g/mol. The molecule has 1 aromatic rings. The molecule has 0 radical (unpaired) electrons. The number of hydrogen-bond donors (Lipinski definition) is 1. The van der Waals surface area contributed by atoms with Gasteiger partial charge in [0.1, 0.15) is 0 Å². The molecular weight excluding hydrogens is 250 g/mol. The zero-order chi connectivity index (χ0) is 14.3. The zero-order valence-corrected chi connectivity index (χ0v) is 11.7. The van der Waals surface area contributed by atoms with Crippen LogP contribution in [-0.2, 0) is 11.2 Å². The number of aryl methyl sites for hydroxylation is 1. The van der Waals surface area contributed by atoms with Crippen LogP contribution in [0.3, 0.4) is 0 Å². The van der Waals surface area contributed by atoms with Crippen LogP contribution in [0.5, 0.6) is 0 Å². The summed E-state index contributed by atoms with van der Waals surface area (Å²) in [6.07, 6.45) is 4.17. The molecule has 1 amide bonds. The highest BCUT2D eigenvalue weighted by Crippen LogP contribution is 2.49. The summed E-state index contributed by atoms with van der Waals surface area (Å²) in [7, 11) is 1.81. The van der Waals surface area contributed by atoms with Gasteiger partial charge in [0.2, 0.25) is 5.91 Å². The van der Waals surface area contributed by atoms with Gasteiger partial charge in [0.25, 0.3) is 0 Å². The molecule has 2 N–H and O–H groups in total. The van der Waals surface area contributed by atoms with Gasteiger partial charge in [0.05, 0.1) is 11.5 Å². The molecule has 0 bridgehead atoms. The Morgan fingerprint density at radius 1 is 1.40 bits per heavy atom. The minimum Gasteiger partial charge on any atom is -0.323 e. The Morgan fingerprint density at radius 2 is 2.15 bits per heavy atom. The van der Waals surface area contributed by atoms with Gasteiger partial charge in [0.15, 0.2) is 0 Å². The summed E-state index contributed by atoms with van der Waals surface area (Å²) in [4.78, 5) is 13.4. The van der Waals surface area contributed by atoms with E-state index < -0.39 is 0 Å². The molecule has 3 rings (SSSR count). The minimum absolute atomic E-state index is 0.155. The molecule has 0 aromatic heterocycles. The van der Waals surface area contributed by atoms with Crippen molar-refractivity contribution in [3.8, 4) is 6.07 Å². The first kappa shape index (κ1) is 13.1. The first-order chi connectivity index (χ1) is 9.57. The summed E-state index contributed by atoms with van der Waals surface area (Å²) in [6.45, 7) is 0. The molecule has 1 aliphatic heterocycles. The van der Waals surface area contributed by atoms with Crippen LogP contribution in [0, 0.1) is 16.7 Å². The number of nitriles is 1. The first-order valence-corrected chi connectivity index (χ1v) is 7.14. The van der Waals surface area contributed by atoms with Gasteiger partial charge in [-0.1, -0.05) is 18.6 Å². The van der Waals surface area contributed by atoms with E-state index in [4.69, 9.17) is 5.73 Å². The number of anilines is 1. The molecule has 1 fully saturated rings. The molecule has 1 aliphatic carbocycles. The lowest BCUT2D eigenvalue weighted by Crippen LogP contribution is -2.39. The van der Waals surface area contributed by atoms with Crippen LogP contribution < -0.4 is 10.6 Å². The number of hydrogen-bond acceptors (Lipinski definition) is 3. The van der Waals surface area contributed by atoms with Crippen molar-refractivity contribution in [3.05, 3.63) is 29.3 Å². The molecule has 2 aliphatic rings. The molecule has 1 heterocycles. The number of fused-ring (bicyclic) bond motifs is 1. The Bertz CT molecular complexity index is 598. The molecular formula is C16H19N3O.